The highest BCUT2D eigenvalue weighted by molar-refractivity contribution is 5.89. The molecule has 5 heteroatoms. The van der Waals surface area contributed by atoms with E-state index in [2.05, 4.69) is 11.9 Å². The number of amides is 2. The number of rotatable bonds is 8. The van der Waals surface area contributed by atoms with Crippen LogP contribution >= 0.6 is 0 Å². The second kappa shape index (κ2) is 12.0. The van der Waals surface area contributed by atoms with Gasteiger partial charge in [0.1, 0.15) is 5.82 Å². The zero-order chi connectivity index (χ0) is 23.6. The molecular formula is C28H31FN2O2. The Morgan fingerprint density at radius 2 is 1.94 bits per heavy atom. The van der Waals surface area contributed by atoms with Crippen LogP contribution in [0.4, 0.5) is 4.39 Å². The Morgan fingerprint density at radius 3 is 2.64 bits per heavy atom. The van der Waals surface area contributed by atoms with Gasteiger partial charge in [-0.05, 0) is 37.0 Å². The molecule has 2 unspecified atom stereocenters. The van der Waals surface area contributed by atoms with E-state index in [4.69, 9.17) is 0 Å². The van der Waals surface area contributed by atoms with Crippen LogP contribution in [-0.4, -0.2) is 29.3 Å². The molecule has 172 valence electrons. The summed E-state index contributed by atoms with van der Waals surface area (Å²) >= 11 is 0. The summed E-state index contributed by atoms with van der Waals surface area (Å²) in [5.41, 5.74) is 2.06. The van der Waals surface area contributed by atoms with E-state index in [1.54, 1.807) is 29.2 Å². The third-order valence-electron chi connectivity index (χ3n) is 5.86. The summed E-state index contributed by atoms with van der Waals surface area (Å²) in [6.45, 7) is 6.40. The number of hydrogen-bond donors (Lipinski definition) is 1. The van der Waals surface area contributed by atoms with Gasteiger partial charge in [0.05, 0.1) is 5.92 Å². The van der Waals surface area contributed by atoms with E-state index in [1.165, 1.54) is 6.07 Å². The summed E-state index contributed by atoms with van der Waals surface area (Å²) in [5, 5.41) is 2.88. The Balaban J connectivity index is 2.09. The molecule has 0 radical (unpaired) electrons. The van der Waals surface area contributed by atoms with Crippen LogP contribution in [-0.2, 0) is 16.1 Å². The third kappa shape index (κ3) is 6.28. The molecule has 4 nitrogen and oxygen atoms in total. The summed E-state index contributed by atoms with van der Waals surface area (Å²) in [5.74, 6) is -1.20. The first kappa shape index (κ1) is 24.2. The lowest BCUT2D eigenvalue weighted by Gasteiger charge is -2.34. The predicted octanol–water partition coefficient (Wildman–Crippen LogP) is 5.30. The third-order valence-corrected chi connectivity index (χ3v) is 5.86. The van der Waals surface area contributed by atoms with Gasteiger partial charge in [-0.3, -0.25) is 9.59 Å². The molecule has 2 amide bonds. The number of allylic oxidation sites excluding steroid dienone is 4. The topological polar surface area (TPSA) is 49.4 Å². The number of halogens is 1. The van der Waals surface area contributed by atoms with E-state index in [0.29, 0.717) is 18.5 Å². The molecule has 1 N–H and O–H groups in total. The first-order chi connectivity index (χ1) is 16.0. The van der Waals surface area contributed by atoms with Gasteiger partial charge in [0.15, 0.2) is 0 Å². The minimum absolute atomic E-state index is 0.0876. The molecule has 2 aromatic rings. The standard InChI is InChI=1S/C28H31FN2O2/c1-3-11-21(12-4-2)27(22-13-6-5-7-14-22)28(33)31(20-23-15-8-9-17-25(23)29)24-16-10-18-30-26(32)19-24/h3-9,11-15,17,24,27H,1,10,16,18-20H2,2H3,(H,30,32)/b12-4-,21-11+. The minimum atomic E-state index is -0.599. The number of carbonyl (C=O) groups excluding carboxylic acids is 2. The van der Waals surface area contributed by atoms with Crippen molar-refractivity contribution < 1.29 is 14.0 Å². The highest BCUT2D eigenvalue weighted by Crippen LogP contribution is 2.31. The van der Waals surface area contributed by atoms with Crippen molar-refractivity contribution in [3.63, 3.8) is 0 Å². The summed E-state index contributed by atoms with van der Waals surface area (Å²) < 4.78 is 14.6. The van der Waals surface area contributed by atoms with Crippen molar-refractivity contribution in [2.45, 2.75) is 44.7 Å². The van der Waals surface area contributed by atoms with E-state index < -0.39 is 5.92 Å². The normalized spacial score (nSPS) is 17.8. The zero-order valence-electron chi connectivity index (χ0n) is 19.0. The molecule has 2 atom stereocenters. The fourth-order valence-corrected chi connectivity index (χ4v) is 4.28. The van der Waals surface area contributed by atoms with Crippen molar-refractivity contribution in [2.75, 3.05) is 6.54 Å². The van der Waals surface area contributed by atoms with Crippen LogP contribution in [0.25, 0.3) is 0 Å². The Hall–Kier alpha value is -3.47. The van der Waals surface area contributed by atoms with Gasteiger partial charge in [-0.15, -0.1) is 0 Å². The van der Waals surface area contributed by atoms with Crippen molar-refractivity contribution in [1.82, 2.24) is 10.2 Å². The molecule has 1 aliphatic rings. The van der Waals surface area contributed by atoms with E-state index in [0.717, 1.165) is 17.6 Å². The van der Waals surface area contributed by atoms with Gasteiger partial charge in [-0.25, -0.2) is 4.39 Å². The van der Waals surface area contributed by atoms with Crippen LogP contribution in [0.3, 0.4) is 0 Å². The lowest BCUT2D eigenvalue weighted by atomic mass is 9.87. The largest absolute Gasteiger partial charge is 0.356 e. The molecule has 1 saturated heterocycles. The van der Waals surface area contributed by atoms with Gasteiger partial charge < -0.3 is 10.2 Å². The highest BCUT2D eigenvalue weighted by atomic mass is 19.1. The second-order valence-electron chi connectivity index (χ2n) is 8.15. The lowest BCUT2D eigenvalue weighted by Crippen LogP contribution is -2.44. The van der Waals surface area contributed by atoms with Crippen molar-refractivity contribution >= 4 is 11.8 Å². The summed E-state index contributed by atoms with van der Waals surface area (Å²) in [7, 11) is 0. The van der Waals surface area contributed by atoms with E-state index >= 15 is 0 Å². The minimum Gasteiger partial charge on any atom is -0.356 e. The Labute approximate surface area is 195 Å². The molecule has 0 bridgehead atoms. The van der Waals surface area contributed by atoms with Crippen molar-refractivity contribution in [2.24, 2.45) is 0 Å². The molecule has 0 aromatic heterocycles. The van der Waals surface area contributed by atoms with Gasteiger partial charge in [0, 0.05) is 31.1 Å². The molecule has 3 rings (SSSR count). The molecular weight excluding hydrogens is 415 g/mol. The molecule has 0 saturated carbocycles. The molecule has 0 spiro atoms. The Kier molecular flexibility index (Phi) is 8.76. The monoisotopic (exact) mass is 446 g/mol. The van der Waals surface area contributed by atoms with E-state index in [-0.39, 0.29) is 36.6 Å². The van der Waals surface area contributed by atoms with Crippen molar-refractivity contribution in [1.29, 1.82) is 0 Å². The Bertz CT molecular complexity index is 1030. The number of nitrogens with zero attached hydrogens (tertiary/aromatic N) is 1. The van der Waals surface area contributed by atoms with Gasteiger partial charge >= 0.3 is 0 Å². The smallest absolute Gasteiger partial charge is 0.235 e. The number of carbonyl (C=O) groups is 2. The fraction of sp³-hybridized carbons (Fsp3) is 0.286. The second-order valence-corrected chi connectivity index (χ2v) is 8.15. The molecule has 1 heterocycles. The lowest BCUT2D eigenvalue weighted by molar-refractivity contribution is -0.136. The molecule has 2 aromatic carbocycles. The summed E-state index contributed by atoms with van der Waals surface area (Å²) in [6, 6.07) is 15.7. The molecule has 1 aliphatic heterocycles. The number of nitrogens with one attached hydrogen (secondary N) is 1. The summed E-state index contributed by atoms with van der Waals surface area (Å²) in [6.07, 6.45) is 8.92. The van der Waals surface area contributed by atoms with Crippen LogP contribution in [0, 0.1) is 5.82 Å². The zero-order valence-corrected chi connectivity index (χ0v) is 19.0. The van der Waals surface area contributed by atoms with Gasteiger partial charge in [-0.2, -0.15) is 0 Å². The van der Waals surface area contributed by atoms with Crippen LogP contribution < -0.4 is 5.32 Å². The average Bonchev–Trinajstić information content (AvgIpc) is 3.04. The average molecular weight is 447 g/mol. The molecule has 0 aliphatic carbocycles. The van der Waals surface area contributed by atoms with E-state index in [1.807, 2.05) is 55.5 Å². The fourth-order valence-electron chi connectivity index (χ4n) is 4.28. The van der Waals surface area contributed by atoms with Crippen LogP contribution in [0.5, 0.6) is 0 Å². The van der Waals surface area contributed by atoms with Crippen LogP contribution in [0.2, 0.25) is 0 Å². The number of benzene rings is 2. The molecule has 1 fully saturated rings. The first-order valence-corrected chi connectivity index (χ1v) is 11.4. The highest BCUT2D eigenvalue weighted by Gasteiger charge is 2.34. The maximum Gasteiger partial charge on any atom is 0.235 e. The van der Waals surface area contributed by atoms with E-state index in [9.17, 15) is 14.0 Å². The van der Waals surface area contributed by atoms with Crippen molar-refractivity contribution in [3.05, 3.63) is 108 Å². The Morgan fingerprint density at radius 1 is 1.21 bits per heavy atom. The quantitative estimate of drug-likeness (QED) is 0.560. The van der Waals surface area contributed by atoms with Gasteiger partial charge in [0.25, 0.3) is 0 Å². The maximum atomic E-state index is 14.6. The predicted molar refractivity (Wildman–Crippen MR) is 130 cm³/mol. The maximum absolute atomic E-state index is 14.6. The van der Waals surface area contributed by atoms with Crippen LogP contribution in [0.15, 0.2) is 91.1 Å². The SMILES string of the molecule is C=C/C=C(\C=C/C)C(C(=O)N(Cc1ccccc1F)C1CCCNC(=O)C1)c1ccccc1. The van der Waals surface area contributed by atoms with Crippen molar-refractivity contribution in [3.8, 4) is 0 Å². The molecule has 33 heavy (non-hydrogen) atoms. The van der Waals surface area contributed by atoms with Crippen LogP contribution in [0.1, 0.15) is 43.2 Å². The van der Waals surface area contributed by atoms with Gasteiger partial charge in [0.2, 0.25) is 11.8 Å². The summed E-state index contributed by atoms with van der Waals surface area (Å²) in [4.78, 5) is 28.3. The number of hydrogen-bond acceptors (Lipinski definition) is 2. The first-order valence-electron chi connectivity index (χ1n) is 11.4. The van der Waals surface area contributed by atoms with Gasteiger partial charge in [-0.1, -0.05) is 79.4 Å².